The molecule has 0 aliphatic carbocycles. The molecule has 0 aliphatic heterocycles. The van der Waals surface area contributed by atoms with E-state index in [-0.39, 0.29) is 5.41 Å². The summed E-state index contributed by atoms with van der Waals surface area (Å²) in [5, 5.41) is 2.67. The second kappa shape index (κ2) is 33.9. The standard InChI is InChI=1S/C17H14F6.C14H14O2S.C14H14.C12H12.C12H18.2C8H10/c1-11-3-7-13(8-4-11)15(16(18,19)20,17(21,22)23)14-9-5-12(2)6-10-14;1-11-3-7-13(8-4-11)17(15,16)14-9-5-12(2)6-10-14;1-11-3-7-13(8-4-11)14-9-5-12(2)6-10-14;1-9-3-5-12-8-10(2)4-6-11(12)7-9;1-9-6-10(2)8-11(7-9)12(3,4)5;1-7-3-5-8(2)6-4-7;1-7-4-3-5-8(2)6-7/h3-10H,1-2H3;3-10H,1-2H3;3-10H,1-2H3;3-8H,1-2H3;6-8H,1-5H3;2*3-6H,1-2H3. The Bertz CT molecular complexity index is 3980. The summed E-state index contributed by atoms with van der Waals surface area (Å²) in [6.07, 6.45) is -11.1. The first kappa shape index (κ1) is 75.9. The Hall–Kier alpha value is -8.79. The molecule has 0 N–H and O–H groups in total. The molecule has 11 rings (SSSR count). The number of halogens is 6. The molecule has 11 aromatic carbocycles. The number of aryl methyl sites for hydroxylation is 14. The SMILES string of the molecule is Cc1cc(C)cc(C(C)(C)C)c1.Cc1ccc(-c2ccc(C)cc2)cc1.Cc1ccc(C(c2ccc(C)cc2)(C(F)(F)F)C(F)(F)F)cc1.Cc1ccc(C)cc1.Cc1ccc(S(=O)(=O)c2ccc(C)cc2)cc1.Cc1ccc2cc(C)ccc2c1.Cc1cccc(C)c1. The van der Waals surface area contributed by atoms with Crippen molar-refractivity contribution in [2.24, 2.45) is 0 Å². The number of rotatable bonds is 5. The predicted molar refractivity (Wildman–Crippen MR) is 384 cm³/mol. The van der Waals surface area contributed by atoms with E-state index in [4.69, 9.17) is 0 Å². The van der Waals surface area contributed by atoms with Crippen LogP contribution < -0.4 is 0 Å². The van der Waals surface area contributed by atoms with E-state index < -0.39 is 38.7 Å². The molecule has 94 heavy (non-hydrogen) atoms. The Morgan fingerprint density at radius 1 is 0.245 bits per heavy atom. The average molecular weight is 1290 g/mol. The molecule has 0 aromatic heterocycles. The first-order chi connectivity index (χ1) is 44.0. The second-order valence-electron chi connectivity index (χ2n) is 25.6. The van der Waals surface area contributed by atoms with E-state index >= 15 is 0 Å². The van der Waals surface area contributed by atoms with Gasteiger partial charge in [0, 0.05) is 0 Å². The van der Waals surface area contributed by atoms with Gasteiger partial charge in [-0.15, -0.1) is 0 Å². The van der Waals surface area contributed by atoms with Gasteiger partial charge in [-0.1, -0.05) is 323 Å². The molecular formula is C85H92F6O2S. The predicted octanol–water partition coefficient (Wildman–Crippen LogP) is 24.5. The zero-order valence-corrected chi connectivity index (χ0v) is 58.5. The maximum absolute atomic E-state index is 13.7. The van der Waals surface area contributed by atoms with Crippen LogP contribution in [0.5, 0.6) is 0 Å². The minimum Gasteiger partial charge on any atom is -0.219 e. The van der Waals surface area contributed by atoms with E-state index in [0.717, 1.165) is 35.4 Å². The van der Waals surface area contributed by atoms with Crippen LogP contribution in [0.15, 0.2) is 259 Å². The smallest absolute Gasteiger partial charge is 0.219 e. The van der Waals surface area contributed by atoms with Crippen LogP contribution in [0.25, 0.3) is 21.9 Å². The molecule has 0 fully saturated rings. The fraction of sp³-hybridized carbons (Fsp3) is 0.247. The lowest BCUT2D eigenvalue weighted by Gasteiger charge is -2.38. The van der Waals surface area contributed by atoms with E-state index in [1.807, 2.05) is 13.8 Å². The molecule has 0 unspecified atom stereocenters. The average Bonchev–Trinajstić information content (AvgIpc) is 0.719. The molecule has 0 bridgehead atoms. The van der Waals surface area contributed by atoms with Crippen molar-refractivity contribution in [2.75, 3.05) is 0 Å². The van der Waals surface area contributed by atoms with E-state index in [2.05, 4.69) is 242 Å². The van der Waals surface area contributed by atoms with E-state index in [0.29, 0.717) is 20.9 Å². The highest BCUT2D eigenvalue weighted by Gasteiger charge is 2.72. The van der Waals surface area contributed by atoms with Gasteiger partial charge in [0.05, 0.1) is 9.79 Å². The molecule has 0 heterocycles. The zero-order valence-electron chi connectivity index (χ0n) is 57.7. The van der Waals surface area contributed by atoms with Crippen molar-refractivity contribution in [2.45, 2.75) is 151 Å². The van der Waals surface area contributed by atoms with Crippen molar-refractivity contribution in [3.63, 3.8) is 0 Å². The van der Waals surface area contributed by atoms with Gasteiger partial charge in [0.1, 0.15) is 0 Å². The summed E-state index contributed by atoms with van der Waals surface area (Å²) in [5.41, 5.74) is 15.1. The number of alkyl halides is 6. The van der Waals surface area contributed by atoms with Crippen molar-refractivity contribution in [3.05, 3.63) is 343 Å². The van der Waals surface area contributed by atoms with Crippen molar-refractivity contribution in [1.82, 2.24) is 0 Å². The number of fused-ring (bicyclic) bond motifs is 1. The molecule has 0 radical (unpaired) electrons. The van der Waals surface area contributed by atoms with Crippen LogP contribution in [-0.4, -0.2) is 20.8 Å². The third kappa shape index (κ3) is 22.8. The van der Waals surface area contributed by atoms with Crippen LogP contribution in [0.4, 0.5) is 26.3 Å². The fourth-order valence-corrected chi connectivity index (χ4v) is 11.2. The van der Waals surface area contributed by atoms with Gasteiger partial charge in [-0.05, 0) is 165 Å². The van der Waals surface area contributed by atoms with Crippen molar-refractivity contribution < 1.29 is 34.8 Å². The highest BCUT2D eigenvalue weighted by Crippen LogP contribution is 2.56. The van der Waals surface area contributed by atoms with Crippen molar-refractivity contribution >= 4 is 20.6 Å². The van der Waals surface area contributed by atoms with Gasteiger partial charge in [-0.25, -0.2) is 8.42 Å². The minimum absolute atomic E-state index is 0.275. The normalized spacial score (nSPS) is 11.2. The molecule has 0 amide bonds. The molecular weight excluding hydrogens is 1200 g/mol. The summed E-state index contributed by atoms with van der Waals surface area (Å²) < 4.78 is 107. The highest BCUT2D eigenvalue weighted by molar-refractivity contribution is 7.91. The van der Waals surface area contributed by atoms with Gasteiger partial charge in [0.2, 0.25) is 15.3 Å². The van der Waals surface area contributed by atoms with Crippen LogP contribution in [0.2, 0.25) is 0 Å². The van der Waals surface area contributed by atoms with E-state index in [1.165, 1.54) is 107 Å². The molecule has 11 aromatic rings. The number of benzene rings is 11. The lowest BCUT2D eigenvalue weighted by molar-refractivity contribution is -0.288. The zero-order chi connectivity index (χ0) is 69.8. The van der Waals surface area contributed by atoms with Crippen LogP contribution in [0.3, 0.4) is 0 Å². The summed E-state index contributed by atoms with van der Waals surface area (Å²) in [4.78, 5) is 0.680. The minimum atomic E-state index is -5.53. The molecule has 492 valence electrons. The number of hydrogen-bond acceptors (Lipinski definition) is 2. The lowest BCUT2D eigenvalue weighted by Crippen LogP contribution is -2.54. The summed E-state index contributed by atoms with van der Waals surface area (Å²) >= 11 is 0. The molecule has 0 aliphatic rings. The highest BCUT2D eigenvalue weighted by atomic mass is 32.2. The van der Waals surface area contributed by atoms with E-state index in [1.54, 1.807) is 62.4 Å². The maximum Gasteiger partial charge on any atom is 0.411 e. The Morgan fingerprint density at radius 2 is 0.479 bits per heavy atom. The Labute approximate surface area is 557 Å². The summed E-state index contributed by atoms with van der Waals surface area (Å²) in [6.45, 7) is 35.0. The first-order valence-corrected chi connectivity index (χ1v) is 32.9. The summed E-state index contributed by atoms with van der Waals surface area (Å²) in [5.74, 6) is 0. The molecule has 0 saturated heterocycles. The summed E-state index contributed by atoms with van der Waals surface area (Å²) in [7, 11) is -3.37. The Kier molecular flexibility index (Phi) is 27.4. The van der Waals surface area contributed by atoms with Crippen LogP contribution in [0, 0.1) is 96.9 Å². The lowest BCUT2D eigenvalue weighted by atomic mass is 9.72. The first-order valence-electron chi connectivity index (χ1n) is 31.4. The fourth-order valence-electron chi connectivity index (χ4n) is 9.99. The van der Waals surface area contributed by atoms with E-state index in [9.17, 15) is 34.8 Å². The van der Waals surface area contributed by atoms with Crippen LogP contribution in [0.1, 0.15) is 115 Å². The molecule has 9 heteroatoms. The third-order valence-corrected chi connectivity index (χ3v) is 17.3. The maximum atomic E-state index is 13.7. The Morgan fingerprint density at radius 3 is 0.734 bits per heavy atom. The molecule has 0 spiro atoms. The van der Waals surface area contributed by atoms with Crippen molar-refractivity contribution in [3.8, 4) is 11.1 Å². The molecule has 0 atom stereocenters. The van der Waals surface area contributed by atoms with Gasteiger partial charge >= 0.3 is 12.4 Å². The van der Waals surface area contributed by atoms with Gasteiger partial charge in [0.25, 0.3) is 0 Å². The Balaban J connectivity index is 0.000000204. The second-order valence-corrected chi connectivity index (χ2v) is 27.6. The quantitative estimate of drug-likeness (QED) is 0.161. The van der Waals surface area contributed by atoms with Gasteiger partial charge < -0.3 is 0 Å². The van der Waals surface area contributed by atoms with Crippen LogP contribution in [-0.2, 0) is 20.7 Å². The molecule has 2 nitrogen and oxygen atoms in total. The van der Waals surface area contributed by atoms with Gasteiger partial charge in [-0.2, -0.15) is 26.3 Å². The van der Waals surface area contributed by atoms with Gasteiger partial charge in [-0.3, -0.25) is 0 Å². The monoisotopic (exact) mass is 1290 g/mol. The largest absolute Gasteiger partial charge is 0.411 e. The summed E-state index contributed by atoms with van der Waals surface area (Å²) in [6, 6.07) is 76.4. The van der Waals surface area contributed by atoms with Gasteiger partial charge in [0.15, 0.2) is 0 Å². The molecule has 0 saturated carbocycles. The topological polar surface area (TPSA) is 34.1 Å². The third-order valence-electron chi connectivity index (χ3n) is 15.5. The number of hydrogen-bond donors (Lipinski definition) is 0. The van der Waals surface area contributed by atoms with Crippen LogP contribution >= 0.6 is 0 Å². The number of sulfone groups is 1. The van der Waals surface area contributed by atoms with Crippen molar-refractivity contribution in [1.29, 1.82) is 0 Å².